The Kier molecular flexibility index (Phi) is 9.70. The molecule has 0 heterocycles. The van der Waals surface area contributed by atoms with Crippen molar-refractivity contribution in [3.05, 3.63) is 108 Å². The van der Waals surface area contributed by atoms with Crippen molar-refractivity contribution in [3.63, 3.8) is 0 Å². The van der Waals surface area contributed by atoms with E-state index in [9.17, 15) is 10.2 Å². The van der Waals surface area contributed by atoms with Gasteiger partial charge in [0, 0.05) is 0 Å². The van der Waals surface area contributed by atoms with Gasteiger partial charge in [-0.2, -0.15) is 0 Å². The lowest BCUT2D eigenvalue weighted by Crippen LogP contribution is -2.44. The van der Waals surface area contributed by atoms with Gasteiger partial charge in [0.25, 0.3) is 0 Å². The van der Waals surface area contributed by atoms with Crippen molar-refractivity contribution in [1.29, 1.82) is 0 Å². The van der Waals surface area contributed by atoms with Gasteiger partial charge in [0.05, 0.1) is 33.0 Å². The predicted molar refractivity (Wildman–Crippen MR) is 119 cm³/mol. The van der Waals surface area contributed by atoms with Crippen LogP contribution in [-0.2, 0) is 34.0 Å². The van der Waals surface area contributed by atoms with Gasteiger partial charge < -0.3 is 24.4 Å². The average Bonchev–Trinajstić information content (AvgIpc) is 2.83. The zero-order valence-electron chi connectivity index (χ0n) is 17.5. The Morgan fingerprint density at radius 2 is 0.968 bits per heavy atom. The summed E-state index contributed by atoms with van der Waals surface area (Å²) in [4.78, 5) is 0. The zero-order valence-corrected chi connectivity index (χ0v) is 17.5. The first kappa shape index (κ1) is 23.1. The fraction of sp³-hybridized carbons (Fsp3) is 0.308. The molecule has 0 aromatic heterocycles. The first-order chi connectivity index (χ1) is 15.2. The summed E-state index contributed by atoms with van der Waals surface area (Å²) in [7, 11) is 0. The molecule has 2 N–H and O–H groups in total. The van der Waals surface area contributed by atoms with E-state index in [0.717, 1.165) is 16.7 Å². The molecule has 0 aliphatic heterocycles. The van der Waals surface area contributed by atoms with Crippen molar-refractivity contribution in [2.75, 3.05) is 13.2 Å². The molecule has 3 atom stereocenters. The van der Waals surface area contributed by atoms with Crippen molar-refractivity contribution in [3.8, 4) is 0 Å². The van der Waals surface area contributed by atoms with Gasteiger partial charge in [-0.05, 0) is 16.7 Å². The number of aliphatic hydroxyl groups excluding tert-OH is 2. The average molecular weight is 423 g/mol. The summed E-state index contributed by atoms with van der Waals surface area (Å²) in [6, 6.07) is 29.2. The Labute approximate surface area is 183 Å². The van der Waals surface area contributed by atoms with Crippen LogP contribution in [0, 0.1) is 0 Å². The minimum absolute atomic E-state index is 0.0000563. The second-order valence-corrected chi connectivity index (χ2v) is 7.39. The van der Waals surface area contributed by atoms with Gasteiger partial charge in [-0.1, -0.05) is 91.0 Å². The van der Waals surface area contributed by atoms with Crippen LogP contribution < -0.4 is 0 Å². The summed E-state index contributed by atoms with van der Waals surface area (Å²) in [5.74, 6) is 0. The number of benzene rings is 3. The quantitative estimate of drug-likeness (QED) is 0.439. The molecule has 31 heavy (non-hydrogen) atoms. The van der Waals surface area contributed by atoms with Crippen LogP contribution in [0.3, 0.4) is 0 Å². The molecule has 0 amide bonds. The highest BCUT2D eigenvalue weighted by atomic mass is 16.5. The monoisotopic (exact) mass is 422 g/mol. The Morgan fingerprint density at radius 1 is 0.548 bits per heavy atom. The summed E-state index contributed by atoms with van der Waals surface area (Å²) < 4.78 is 17.3. The molecule has 0 bridgehead atoms. The Balaban J connectivity index is 1.52. The maximum Gasteiger partial charge on any atom is 0.111 e. The van der Waals surface area contributed by atoms with Crippen LogP contribution in [0.2, 0.25) is 0 Å². The van der Waals surface area contributed by atoms with Crippen molar-refractivity contribution >= 4 is 0 Å². The predicted octanol–water partition coefficient (Wildman–Crippen LogP) is 3.73. The van der Waals surface area contributed by atoms with Crippen LogP contribution in [0.4, 0.5) is 0 Å². The van der Waals surface area contributed by atoms with Crippen LogP contribution in [0.5, 0.6) is 0 Å². The summed E-state index contributed by atoms with van der Waals surface area (Å²) in [5.41, 5.74) is 3.02. The van der Waals surface area contributed by atoms with Crippen LogP contribution in [0.1, 0.15) is 16.7 Å². The Morgan fingerprint density at radius 3 is 1.45 bits per heavy atom. The molecule has 0 aliphatic carbocycles. The molecule has 3 aromatic rings. The molecule has 5 nitrogen and oxygen atoms in total. The smallest absolute Gasteiger partial charge is 0.111 e. The second-order valence-electron chi connectivity index (χ2n) is 7.39. The lowest BCUT2D eigenvalue weighted by molar-refractivity contribution is -0.137. The van der Waals surface area contributed by atoms with Gasteiger partial charge in [0.1, 0.15) is 18.3 Å². The summed E-state index contributed by atoms with van der Waals surface area (Å²) in [6.07, 6.45) is -2.93. The third-order valence-electron chi connectivity index (χ3n) is 4.88. The van der Waals surface area contributed by atoms with E-state index in [1.165, 1.54) is 0 Å². The van der Waals surface area contributed by atoms with E-state index >= 15 is 0 Å². The Hall–Kier alpha value is -2.54. The van der Waals surface area contributed by atoms with E-state index in [-0.39, 0.29) is 13.2 Å². The number of hydrogen-bond acceptors (Lipinski definition) is 5. The molecule has 5 heteroatoms. The van der Waals surface area contributed by atoms with Crippen molar-refractivity contribution in [2.24, 2.45) is 0 Å². The third-order valence-corrected chi connectivity index (χ3v) is 4.88. The van der Waals surface area contributed by atoms with E-state index in [1.807, 2.05) is 91.0 Å². The zero-order chi connectivity index (χ0) is 21.7. The van der Waals surface area contributed by atoms with Gasteiger partial charge in [0.15, 0.2) is 0 Å². The van der Waals surface area contributed by atoms with Crippen LogP contribution in [0.15, 0.2) is 91.0 Å². The van der Waals surface area contributed by atoms with Gasteiger partial charge in [0.2, 0.25) is 0 Å². The molecule has 0 radical (unpaired) electrons. The highest BCUT2D eigenvalue weighted by Crippen LogP contribution is 2.12. The molecular weight excluding hydrogens is 392 g/mol. The minimum Gasteiger partial charge on any atom is -0.388 e. The SMILES string of the molecule is O[C@H]([C@@H](O)COCc1ccccc1)[C@@H](COCc1ccccc1)OCc1ccccc1. The molecule has 0 saturated carbocycles. The van der Waals surface area contributed by atoms with Crippen molar-refractivity contribution in [1.82, 2.24) is 0 Å². The number of ether oxygens (including phenoxy) is 3. The highest BCUT2D eigenvalue weighted by molar-refractivity contribution is 5.15. The van der Waals surface area contributed by atoms with E-state index in [2.05, 4.69) is 0 Å². The molecule has 164 valence electrons. The van der Waals surface area contributed by atoms with Crippen LogP contribution in [0.25, 0.3) is 0 Å². The van der Waals surface area contributed by atoms with Crippen LogP contribution in [-0.4, -0.2) is 41.7 Å². The first-order valence-corrected chi connectivity index (χ1v) is 10.5. The lowest BCUT2D eigenvalue weighted by Gasteiger charge is -2.27. The molecule has 0 spiro atoms. The summed E-state index contributed by atoms with van der Waals surface area (Å²) in [6.45, 7) is 1.23. The van der Waals surface area contributed by atoms with E-state index in [1.54, 1.807) is 0 Å². The molecule has 0 saturated heterocycles. The van der Waals surface area contributed by atoms with E-state index in [0.29, 0.717) is 19.8 Å². The minimum atomic E-state index is -1.14. The topological polar surface area (TPSA) is 68.2 Å². The van der Waals surface area contributed by atoms with Gasteiger partial charge in [-0.3, -0.25) is 0 Å². The molecule has 0 unspecified atom stereocenters. The molecule has 0 aliphatic rings. The molecule has 3 rings (SSSR count). The lowest BCUT2D eigenvalue weighted by atomic mass is 10.1. The normalized spacial score (nSPS) is 14.1. The number of rotatable bonds is 13. The first-order valence-electron chi connectivity index (χ1n) is 10.5. The fourth-order valence-corrected chi connectivity index (χ4v) is 3.11. The van der Waals surface area contributed by atoms with Crippen molar-refractivity contribution in [2.45, 2.75) is 38.1 Å². The fourth-order valence-electron chi connectivity index (χ4n) is 3.11. The van der Waals surface area contributed by atoms with Gasteiger partial charge >= 0.3 is 0 Å². The standard InChI is InChI=1S/C26H30O5/c27-24(19-29-16-21-10-4-1-5-11-21)26(28)25(31-18-23-14-8-3-9-15-23)20-30-17-22-12-6-2-7-13-22/h1-15,24-28H,16-20H2/t24-,25+,26+/m0/s1. The van der Waals surface area contributed by atoms with Gasteiger partial charge in [-0.15, -0.1) is 0 Å². The number of aliphatic hydroxyl groups is 2. The second kappa shape index (κ2) is 13.0. The Bertz CT molecular complexity index is 841. The number of hydrogen-bond donors (Lipinski definition) is 2. The van der Waals surface area contributed by atoms with Crippen LogP contribution >= 0.6 is 0 Å². The molecular formula is C26H30O5. The van der Waals surface area contributed by atoms with Crippen molar-refractivity contribution < 1.29 is 24.4 Å². The van der Waals surface area contributed by atoms with E-state index < -0.39 is 18.3 Å². The maximum absolute atomic E-state index is 10.7. The summed E-state index contributed by atoms with van der Waals surface area (Å²) in [5, 5.41) is 21.2. The molecule has 0 fully saturated rings. The van der Waals surface area contributed by atoms with E-state index in [4.69, 9.17) is 14.2 Å². The largest absolute Gasteiger partial charge is 0.388 e. The molecule has 3 aromatic carbocycles. The highest BCUT2D eigenvalue weighted by Gasteiger charge is 2.28. The van der Waals surface area contributed by atoms with Gasteiger partial charge in [-0.25, -0.2) is 0 Å². The summed E-state index contributed by atoms with van der Waals surface area (Å²) >= 11 is 0. The third kappa shape index (κ3) is 8.25. The maximum atomic E-state index is 10.7.